The highest BCUT2D eigenvalue weighted by Crippen LogP contribution is 2.26. The van der Waals surface area contributed by atoms with Gasteiger partial charge >= 0.3 is 0 Å². The summed E-state index contributed by atoms with van der Waals surface area (Å²) in [6.45, 7) is 6.00. The van der Waals surface area contributed by atoms with E-state index in [2.05, 4.69) is 5.32 Å². The van der Waals surface area contributed by atoms with E-state index in [1.54, 1.807) is 56.3 Å². The highest BCUT2D eigenvalue weighted by atomic mass is 32.2. The van der Waals surface area contributed by atoms with Crippen LogP contribution in [-0.2, 0) is 26.0 Å². The SMILES string of the molecule is CCNC(=O)[C@H](C)N(CCc1ccccc1)C(=O)CN(c1ccc(OCC)cc1)S(=O)(=O)c1ccccc1. The van der Waals surface area contributed by atoms with Gasteiger partial charge in [-0.1, -0.05) is 48.5 Å². The van der Waals surface area contributed by atoms with Crippen molar-refractivity contribution < 1.29 is 22.7 Å². The average Bonchev–Trinajstić information content (AvgIpc) is 2.93. The van der Waals surface area contributed by atoms with Gasteiger partial charge in [0, 0.05) is 13.1 Å². The molecule has 0 fully saturated rings. The molecule has 1 atom stereocenters. The first kappa shape index (κ1) is 28.7. The number of likely N-dealkylation sites (N-methyl/N-ethyl adjacent to an activating group) is 1. The Morgan fingerprint density at radius 2 is 1.50 bits per heavy atom. The molecule has 0 saturated carbocycles. The van der Waals surface area contributed by atoms with E-state index in [1.165, 1.54) is 17.0 Å². The number of nitrogens with one attached hydrogen (secondary N) is 1. The van der Waals surface area contributed by atoms with Crippen molar-refractivity contribution in [1.29, 1.82) is 0 Å². The van der Waals surface area contributed by atoms with Crippen LogP contribution in [0.3, 0.4) is 0 Å². The number of rotatable bonds is 13. The minimum Gasteiger partial charge on any atom is -0.494 e. The fraction of sp³-hybridized carbons (Fsp3) is 0.310. The molecule has 9 heteroatoms. The third-order valence-electron chi connectivity index (χ3n) is 6.05. The van der Waals surface area contributed by atoms with E-state index in [9.17, 15) is 18.0 Å². The molecular formula is C29H35N3O5S. The molecule has 1 N–H and O–H groups in total. The van der Waals surface area contributed by atoms with Crippen LogP contribution in [0, 0.1) is 0 Å². The number of sulfonamides is 1. The van der Waals surface area contributed by atoms with Crippen LogP contribution >= 0.6 is 0 Å². The molecule has 2 amide bonds. The Balaban J connectivity index is 1.96. The van der Waals surface area contributed by atoms with E-state index in [0.29, 0.717) is 31.0 Å². The van der Waals surface area contributed by atoms with E-state index < -0.39 is 28.5 Å². The summed E-state index contributed by atoms with van der Waals surface area (Å²) in [5.41, 5.74) is 1.33. The maximum atomic E-state index is 13.8. The molecule has 3 aromatic carbocycles. The third-order valence-corrected chi connectivity index (χ3v) is 7.84. The summed E-state index contributed by atoms with van der Waals surface area (Å²) in [6, 6.07) is 23.4. The van der Waals surface area contributed by atoms with Gasteiger partial charge in [-0.15, -0.1) is 0 Å². The zero-order chi connectivity index (χ0) is 27.5. The predicted octanol–water partition coefficient (Wildman–Crippen LogP) is 3.88. The Morgan fingerprint density at radius 3 is 2.08 bits per heavy atom. The highest BCUT2D eigenvalue weighted by Gasteiger charge is 2.32. The minimum absolute atomic E-state index is 0.0642. The number of amides is 2. The monoisotopic (exact) mass is 537 g/mol. The van der Waals surface area contributed by atoms with Gasteiger partial charge in [-0.25, -0.2) is 8.42 Å². The van der Waals surface area contributed by atoms with E-state index in [-0.39, 0.29) is 17.3 Å². The molecule has 0 bridgehead atoms. The first-order valence-electron chi connectivity index (χ1n) is 12.7. The molecule has 3 aromatic rings. The topological polar surface area (TPSA) is 96.0 Å². The molecule has 8 nitrogen and oxygen atoms in total. The molecule has 0 radical (unpaired) electrons. The van der Waals surface area contributed by atoms with Crippen LogP contribution < -0.4 is 14.4 Å². The van der Waals surface area contributed by atoms with Crippen molar-refractivity contribution in [2.24, 2.45) is 0 Å². The number of benzene rings is 3. The second kappa shape index (κ2) is 13.6. The fourth-order valence-electron chi connectivity index (χ4n) is 4.02. The molecule has 0 spiro atoms. The van der Waals surface area contributed by atoms with Gasteiger partial charge in [-0.2, -0.15) is 0 Å². The minimum atomic E-state index is -4.09. The molecule has 0 aliphatic carbocycles. The van der Waals surface area contributed by atoms with Crippen LogP contribution in [0.4, 0.5) is 5.69 Å². The van der Waals surface area contributed by atoms with Gasteiger partial charge < -0.3 is 15.0 Å². The van der Waals surface area contributed by atoms with Crippen LogP contribution in [0.5, 0.6) is 5.75 Å². The van der Waals surface area contributed by atoms with Gasteiger partial charge in [0.25, 0.3) is 10.0 Å². The zero-order valence-electron chi connectivity index (χ0n) is 22.0. The number of carbonyl (C=O) groups excluding carboxylic acids is 2. The number of hydrogen-bond acceptors (Lipinski definition) is 5. The lowest BCUT2D eigenvalue weighted by Gasteiger charge is -2.32. The summed E-state index contributed by atoms with van der Waals surface area (Å²) in [4.78, 5) is 28.0. The van der Waals surface area contributed by atoms with Gasteiger partial charge in [0.05, 0.1) is 17.2 Å². The van der Waals surface area contributed by atoms with Crippen molar-refractivity contribution in [3.05, 3.63) is 90.5 Å². The number of hydrogen-bond donors (Lipinski definition) is 1. The molecule has 0 aliphatic rings. The summed E-state index contributed by atoms with van der Waals surface area (Å²) in [5.74, 6) is -0.186. The second-order valence-corrected chi connectivity index (χ2v) is 10.5. The lowest BCUT2D eigenvalue weighted by molar-refractivity contribution is -0.138. The average molecular weight is 538 g/mol. The normalized spacial score (nSPS) is 11.9. The summed E-state index contributed by atoms with van der Waals surface area (Å²) in [7, 11) is -4.09. The lowest BCUT2D eigenvalue weighted by Crippen LogP contribution is -2.52. The van der Waals surface area contributed by atoms with Crippen LogP contribution in [0.2, 0.25) is 0 Å². The van der Waals surface area contributed by atoms with Crippen molar-refractivity contribution in [3.63, 3.8) is 0 Å². The van der Waals surface area contributed by atoms with Crippen molar-refractivity contribution in [2.75, 3.05) is 30.5 Å². The lowest BCUT2D eigenvalue weighted by atomic mass is 10.1. The van der Waals surface area contributed by atoms with E-state index in [4.69, 9.17) is 4.74 Å². The van der Waals surface area contributed by atoms with Crippen molar-refractivity contribution in [3.8, 4) is 5.75 Å². The predicted molar refractivity (Wildman–Crippen MR) is 149 cm³/mol. The number of carbonyl (C=O) groups is 2. The first-order valence-corrected chi connectivity index (χ1v) is 14.1. The largest absolute Gasteiger partial charge is 0.494 e. The van der Waals surface area contributed by atoms with Crippen molar-refractivity contribution in [1.82, 2.24) is 10.2 Å². The van der Waals surface area contributed by atoms with Crippen molar-refractivity contribution in [2.45, 2.75) is 38.1 Å². The first-order chi connectivity index (χ1) is 18.3. The standard InChI is InChI=1S/C29H35N3O5S/c1-4-30-29(34)23(3)31(21-20-24-12-8-6-9-13-24)28(33)22-32(25-16-18-26(19-17-25)37-5-2)38(35,36)27-14-10-7-11-15-27/h6-19,23H,4-5,20-22H2,1-3H3,(H,30,34)/t23-/m0/s1. The molecule has 0 saturated heterocycles. The maximum absolute atomic E-state index is 13.8. The Morgan fingerprint density at radius 1 is 0.895 bits per heavy atom. The molecule has 0 unspecified atom stereocenters. The van der Waals surface area contributed by atoms with Crippen LogP contribution in [-0.4, -0.2) is 57.4 Å². The fourth-order valence-corrected chi connectivity index (χ4v) is 5.45. The van der Waals surface area contributed by atoms with Gasteiger partial charge in [0.15, 0.2) is 0 Å². The molecule has 202 valence electrons. The zero-order valence-corrected chi connectivity index (χ0v) is 22.9. The summed E-state index contributed by atoms with van der Waals surface area (Å²) in [6.07, 6.45) is 0.519. The van der Waals surface area contributed by atoms with Gasteiger partial charge in [0.2, 0.25) is 11.8 Å². The summed E-state index contributed by atoms with van der Waals surface area (Å²) >= 11 is 0. The van der Waals surface area contributed by atoms with Gasteiger partial charge in [-0.3, -0.25) is 13.9 Å². The number of ether oxygens (including phenoxy) is 1. The van der Waals surface area contributed by atoms with Crippen molar-refractivity contribution >= 4 is 27.5 Å². The van der Waals surface area contributed by atoms with Crippen LogP contribution in [0.15, 0.2) is 89.8 Å². The van der Waals surface area contributed by atoms with E-state index in [0.717, 1.165) is 9.87 Å². The van der Waals surface area contributed by atoms with Crippen LogP contribution in [0.25, 0.3) is 0 Å². The Labute approximate surface area is 225 Å². The second-order valence-electron chi connectivity index (χ2n) is 8.64. The molecule has 0 aliphatic heterocycles. The number of anilines is 1. The van der Waals surface area contributed by atoms with E-state index in [1.807, 2.05) is 37.3 Å². The molecule has 38 heavy (non-hydrogen) atoms. The Bertz CT molecular complexity index is 1280. The molecular weight excluding hydrogens is 502 g/mol. The highest BCUT2D eigenvalue weighted by molar-refractivity contribution is 7.92. The van der Waals surface area contributed by atoms with E-state index >= 15 is 0 Å². The van der Waals surface area contributed by atoms with Gasteiger partial charge in [-0.05, 0) is 69.2 Å². The third kappa shape index (κ3) is 7.35. The molecule has 0 heterocycles. The maximum Gasteiger partial charge on any atom is 0.264 e. The van der Waals surface area contributed by atoms with Crippen LogP contribution in [0.1, 0.15) is 26.3 Å². The number of nitrogens with zero attached hydrogens (tertiary/aromatic N) is 2. The smallest absolute Gasteiger partial charge is 0.264 e. The Hall–Kier alpha value is -3.85. The van der Waals surface area contributed by atoms with Gasteiger partial charge in [0.1, 0.15) is 18.3 Å². The molecule has 3 rings (SSSR count). The molecule has 0 aromatic heterocycles. The quantitative estimate of drug-likeness (QED) is 0.357. The Kier molecular flexibility index (Phi) is 10.3. The summed E-state index contributed by atoms with van der Waals surface area (Å²) in [5, 5.41) is 2.76. The summed E-state index contributed by atoms with van der Waals surface area (Å²) < 4.78 is 34.0.